The zero-order valence-corrected chi connectivity index (χ0v) is 16.7. The molecule has 0 radical (unpaired) electrons. The van der Waals surface area contributed by atoms with Gasteiger partial charge in [-0.3, -0.25) is 4.79 Å². The molecule has 2 aliphatic rings. The number of alkyl halides is 3. The highest BCUT2D eigenvalue weighted by Crippen LogP contribution is 2.38. The van der Waals surface area contributed by atoms with Gasteiger partial charge in [0.05, 0.1) is 22.3 Å². The van der Waals surface area contributed by atoms with Crippen LogP contribution in [0.25, 0.3) is 6.08 Å². The largest absolute Gasteiger partial charge is 0.490 e. The van der Waals surface area contributed by atoms with Crippen LogP contribution in [0, 0.1) is 0 Å². The lowest BCUT2D eigenvalue weighted by atomic mass is 10.1. The number of benzene rings is 2. The Balaban J connectivity index is 1.58. The van der Waals surface area contributed by atoms with Crippen LogP contribution in [0.1, 0.15) is 36.8 Å². The molecule has 1 heterocycles. The maximum Gasteiger partial charge on any atom is 0.418 e. The number of halogens is 3. The Morgan fingerprint density at radius 1 is 1.07 bits per heavy atom. The van der Waals surface area contributed by atoms with Crippen LogP contribution in [0.5, 0.6) is 5.75 Å². The molecule has 1 saturated heterocycles. The SMILES string of the molecule is O=C1NC(=Nc2ccccc2C(F)(F)F)S/C1=C\c1ccccc1OC1CCCC1. The number of carbonyl (C=O) groups excluding carboxylic acids is 1. The second-order valence-electron chi connectivity index (χ2n) is 7.06. The van der Waals surface area contributed by atoms with Crippen LogP contribution in [-0.4, -0.2) is 17.2 Å². The molecule has 1 aliphatic carbocycles. The van der Waals surface area contributed by atoms with E-state index in [9.17, 15) is 18.0 Å². The molecule has 156 valence electrons. The van der Waals surface area contributed by atoms with Gasteiger partial charge in [0.15, 0.2) is 5.17 Å². The van der Waals surface area contributed by atoms with E-state index in [1.165, 1.54) is 18.2 Å². The van der Waals surface area contributed by atoms with Gasteiger partial charge in [0, 0.05) is 5.56 Å². The molecule has 4 nitrogen and oxygen atoms in total. The van der Waals surface area contributed by atoms with Crippen LogP contribution < -0.4 is 10.1 Å². The zero-order chi connectivity index (χ0) is 21.1. The second-order valence-corrected chi connectivity index (χ2v) is 8.09. The van der Waals surface area contributed by atoms with Gasteiger partial charge in [0.1, 0.15) is 5.75 Å². The van der Waals surface area contributed by atoms with E-state index in [1.807, 2.05) is 24.3 Å². The highest BCUT2D eigenvalue weighted by atomic mass is 32.2. The van der Waals surface area contributed by atoms with E-state index >= 15 is 0 Å². The van der Waals surface area contributed by atoms with E-state index < -0.39 is 17.6 Å². The van der Waals surface area contributed by atoms with E-state index in [4.69, 9.17) is 4.74 Å². The van der Waals surface area contributed by atoms with Crippen molar-refractivity contribution >= 4 is 34.6 Å². The van der Waals surface area contributed by atoms with Crippen LogP contribution in [0.2, 0.25) is 0 Å². The molecule has 2 fully saturated rings. The molecule has 2 aromatic carbocycles. The lowest BCUT2D eigenvalue weighted by Crippen LogP contribution is -2.19. The first-order chi connectivity index (χ1) is 14.4. The molecule has 0 aromatic heterocycles. The van der Waals surface area contributed by atoms with Crippen LogP contribution >= 0.6 is 11.8 Å². The maximum absolute atomic E-state index is 13.2. The summed E-state index contributed by atoms with van der Waals surface area (Å²) in [4.78, 5) is 16.7. The Labute approximate surface area is 176 Å². The normalized spacial score (nSPS) is 20.2. The summed E-state index contributed by atoms with van der Waals surface area (Å²) in [6, 6.07) is 12.4. The zero-order valence-electron chi connectivity index (χ0n) is 15.9. The van der Waals surface area contributed by atoms with Crippen molar-refractivity contribution in [2.24, 2.45) is 4.99 Å². The molecule has 1 aliphatic heterocycles. The number of hydrogen-bond donors (Lipinski definition) is 1. The van der Waals surface area contributed by atoms with Crippen molar-refractivity contribution in [2.75, 3.05) is 0 Å². The van der Waals surface area contributed by atoms with Crippen LogP contribution in [0.3, 0.4) is 0 Å². The van der Waals surface area contributed by atoms with Gasteiger partial charge < -0.3 is 10.1 Å². The van der Waals surface area contributed by atoms with Gasteiger partial charge in [-0.15, -0.1) is 0 Å². The van der Waals surface area contributed by atoms with Gasteiger partial charge in [-0.25, -0.2) is 4.99 Å². The highest BCUT2D eigenvalue weighted by molar-refractivity contribution is 8.18. The first-order valence-corrected chi connectivity index (χ1v) is 10.4. The fourth-order valence-corrected chi connectivity index (χ4v) is 4.26. The lowest BCUT2D eigenvalue weighted by molar-refractivity contribution is -0.137. The average Bonchev–Trinajstić information content (AvgIpc) is 3.33. The summed E-state index contributed by atoms with van der Waals surface area (Å²) in [6.07, 6.45) is 1.64. The van der Waals surface area contributed by atoms with Crippen molar-refractivity contribution in [1.82, 2.24) is 5.32 Å². The lowest BCUT2D eigenvalue weighted by Gasteiger charge is -2.15. The molecule has 8 heteroatoms. The maximum atomic E-state index is 13.2. The Bertz CT molecular complexity index is 1010. The van der Waals surface area contributed by atoms with Crippen molar-refractivity contribution in [3.63, 3.8) is 0 Å². The summed E-state index contributed by atoms with van der Waals surface area (Å²) in [5, 5.41) is 2.65. The number of ether oxygens (including phenoxy) is 1. The number of hydrogen-bond acceptors (Lipinski definition) is 4. The Kier molecular flexibility index (Phi) is 5.85. The van der Waals surface area contributed by atoms with Gasteiger partial charge in [-0.05, 0) is 61.7 Å². The summed E-state index contributed by atoms with van der Waals surface area (Å²) < 4.78 is 45.6. The summed E-state index contributed by atoms with van der Waals surface area (Å²) in [6.45, 7) is 0. The molecule has 0 bridgehead atoms. The molecule has 0 atom stereocenters. The first kappa shape index (κ1) is 20.5. The minimum Gasteiger partial charge on any atom is -0.490 e. The van der Waals surface area contributed by atoms with Crippen LogP contribution in [-0.2, 0) is 11.0 Å². The molecular weight excluding hydrogens is 413 g/mol. The number of nitrogens with one attached hydrogen (secondary N) is 1. The molecule has 1 saturated carbocycles. The third-order valence-electron chi connectivity index (χ3n) is 4.88. The summed E-state index contributed by atoms with van der Waals surface area (Å²) in [5.74, 6) is 0.289. The van der Waals surface area contributed by atoms with Crippen LogP contribution in [0.15, 0.2) is 58.4 Å². The summed E-state index contributed by atoms with van der Waals surface area (Å²) in [7, 11) is 0. The quantitative estimate of drug-likeness (QED) is 0.611. The third-order valence-corrected chi connectivity index (χ3v) is 5.79. The average molecular weight is 432 g/mol. The number of carbonyl (C=O) groups is 1. The molecule has 0 spiro atoms. The second kappa shape index (κ2) is 8.55. The van der Waals surface area contributed by atoms with Crippen molar-refractivity contribution in [3.05, 3.63) is 64.6 Å². The van der Waals surface area contributed by atoms with E-state index in [1.54, 1.807) is 6.08 Å². The highest BCUT2D eigenvalue weighted by Gasteiger charge is 2.34. The fraction of sp³-hybridized carbons (Fsp3) is 0.273. The van der Waals surface area contributed by atoms with Crippen molar-refractivity contribution in [2.45, 2.75) is 38.0 Å². The Morgan fingerprint density at radius 2 is 1.77 bits per heavy atom. The van der Waals surface area contributed by atoms with E-state index in [2.05, 4.69) is 10.3 Å². The van der Waals surface area contributed by atoms with Gasteiger partial charge >= 0.3 is 6.18 Å². The number of nitrogens with zero attached hydrogens (tertiary/aromatic N) is 1. The monoisotopic (exact) mass is 432 g/mol. The van der Waals surface area contributed by atoms with Crippen molar-refractivity contribution in [1.29, 1.82) is 0 Å². The summed E-state index contributed by atoms with van der Waals surface area (Å²) >= 11 is 1.01. The third kappa shape index (κ3) is 4.70. The fourth-order valence-electron chi connectivity index (χ4n) is 3.43. The number of para-hydroxylation sites is 2. The predicted octanol–water partition coefficient (Wildman–Crippen LogP) is 5.92. The van der Waals surface area contributed by atoms with Crippen LogP contribution in [0.4, 0.5) is 18.9 Å². The number of thioether (sulfide) groups is 1. The minimum absolute atomic E-state index is 0.108. The minimum atomic E-state index is -4.52. The smallest absolute Gasteiger partial charge is 0.418 e. The molecule has 2 aromatic rings. The predicted molar refractivity (Wildman–Crippen MR) is 112 cm³/mol. The molecule has 30 heavy (non-hydrogen) atoms. The van der Waals surface area contributed by atoms with Gasteiger partial charge in [0.25, 0.3) is 5.91 Å². The Morgan fingerprint density at radius 3 is 2.53 bits per heavy atom. The summed E-state index contributed by atoms with van der Waals surface area (Å²) in [5.41, 5.74) is -0.335. The van der Waals surface area contributed by atoms with Gasteiger partial charge in [-0.2, -0.15) is 13.2 Å². The van der Waals surface area contributed by atoms with E-state index in [0.29, 0.717) is 10.7 Å². The number of aliphatic imine (C=N–C) groups is 1. The first-order valence-electron chi connectivity index (χ1n) is 9.61. The van der Waals surface area contributed by atoms with Gasteiger partial charge in [0.2, 0.25) is 0 Å². The molecule has 4 rings (SSSR count). The van der Waals surface area contributed by atoms with Crippen molar-refractivity contribution in [3.8, 4) is 5.75 Å². The molecule has 1 amide bonds. The number of amidine groups is 1. The van der Waals surface area contributed by atoms with Crippen molar-refractivity contribution < 1.29 is 22.7 Å². The van der Waals surface area contributed by atoms with E-state index in [-0.39, 0.29) is 17.0 Å². The Hall–Kier alpha value is -2.74. The van der Waals surface area contributed by atoms with Gasteiger partial charge in [-0.1, -0.05) is 30.3 Å². The molecular formula is C22H19F3N2O2S. The number of amides is 1. The molecule has 0 unspecified atom stereocenters. The number of rotatable bonds is 4. The van der Waals surface area contributed by atoms with E-state index in [0.717, 1.165) is 49.1 Å². The molecule has 1 N–H and O–H groups in total. The standard InChI is InChI=1S/C22H19F3N2O2S/c23-22(24,25)16-10-4-5-11-17(16)26-21-27-20(28)19(30-21)13-14-7-1-6-12-18(14)29-15-8-2-3-9-15/h1,4-7,10-13,15H,2-3,8-9H2,(H,26,27,28)/b19-13-. The topological polar surface area (TPSA) is 50.7 Å².